The normalized spacial score (nSPS) is 12.6. The Bertz CT molecular complexity index is 528. The molecular formula is C13H20N4OS. The summed E-state index contributed by atoms with van der Waals surface area (Å²) in [6, 6.07) is 2.21. The topological polar surface area (TPSA) is 70.1 Å². The smallest absolute Gasteiger partial charge is 0.226 e. The monoisotopic (exact) mass is 280 g/mol. The van der Waals surface area contributed by atoms with Gasteiger partial charge >= 0.3 is 0 Å². The van der Waals surface area contributed by atoms with E-state index in [9.17, 15) is 0 Å². The molecule has 0 bridgehead atoms. The van der Waals surface area contributed by atoms with Gasteiger partial charge in [0.1, 0.15) is 10.6 Å². The van der Waals surface area contributed by atoms with E-state index in [2.05, 4.69) is 27.5 Å². The number of aliphatic hydroxyl groups excluding tert-OH is 1. The second-order valence-electron chi connectivity index (χ2n) is 4.52. The van der Waals surface area contributed by atoms with Gasteiger partial charge in [-0.25, -0.2) is 4.98 Å². The largest absolute Gasteiger partial charge is 0.396 e. The fraction of sp³-hybridized carbons (Fsp3) is 0.538. The average molecular weight is 280 g/mol. The van der Waals surface area contributed by atoms with E-state index >= 15 is 0 Å². The fourth-order valence-electron chi connectivity index (χ4n) is 1.78. The molecule has 6 heteroatoms. The molecule has 0 fully saturated rings. The number of hydrogen-bond donors (Lipinski definition) is 3. The predicted molar refractivity (Wildman–Crippen MR) is 81.0 cm³/mol. The van der Waals surface area contributed by atoms with Gasteiger partial charge < -0.3 is 15.7 Å². The number of anilines is 2. The Labute approximate surface area is 117 Å². The molecule has 1 unspecified atom stereocenters. The van der Waals surface area contributed by atoms with Crippen molar-refractivity contribution in [3.05, 3.63) is 11.4 Å². The van der Waals surface area contributed by atoms with E-state index in [0.717, 1.165) is 29.0 Å². The first-order valence-electron chi connectivity index (χ1n) is 6.61. The highest BCUT2D eigenvalue weighted by Crippen LogP contribution is 2.27. The summed E-state index contributed by atoms with van der Waals surface area (Å²) in [5, 5.41) is 18.6. The van der Waals surface area contributed by atoms with Crippen molar-refractivity contribution in [2.45, 2.75) is 32.7 Å². The third-order valence-electron chi connectivity index (χ3n) is 2.80. The number of nitrogens with one attached hydrogen (secondary N) is 2. The van der Waals surface area contributed by atoms with Crippen LogP contribution in [0.25, 0.3) is 10.2 Å². The molecule has 2 heterocycles. The molecule has 2 aromatic heterocycles. The van der Waals surface area contributed by atoms with E-state index < -0.39 is 0 Å². The van der Waals surface area contributed by atoms with E-state index in [0.29, 0.717) is 12.4 Å². The minimum Gasteiger partial charge on any atom is -0.396 e. The molecule has 3 N–H and O–H groups in total. The van der Waals surface area contributed by atoms with Crippen LogP contribution in [0.1, 0.15) is 26.7 Å². The summed E-state index contributed by atoms with van der Waals surface area (Å²) in [6.07, 6.45) is 1.74. The fourth-order valence-corrected chi connectivity index (χ4v) is 2.54. The zero-order valence-corrected chi connectivity index (χ0v) is 12.1. The maximum atomic E-state index is 8.98. The number of aromatic nitrogens is 2. The van der Waals surface area contributed by atoms with Crippen LogP contribution in [0.5, 0.6) is 0 Å². The molecule has 2 rings (SSSR count). The van der Waals surface area contributed by atoms with Crippen LogP contribution in [0.3, 0.4) is 0 Å². The van der Waals surface area contributed by atoms with E-state index in [1.807, 2.05) is 18.4 Å². The van der Waals surface area contributed by atoms with Gasteiger partial charge in [0.2, 0.25) is 5.95 Å². The van der Waals surface area contributed by atoms with E-state index in [1.165, 1.54) is 0 Å². The maximum Gasteiger partial charge on any atom is 0.226 e. The number of aliphatic hydroxyl groups is 1. The van der Waals surface area contributed by atoms with Crippen LogP contribution in [0, 0.1) is 0 Å². The van der Waals surface area contributed by atoms with Crippen molar-refractivity contribution in [2.24, 2.45) is 0 Å². The lowest BCUT2D eigenvalue weighted by atomic mass is 10.2. The molecule has 0 aliphatic heterocycles. The highest BCUT2D eigenvalue weighted by Gasteiger charge is 2.10. The van der Waals surface area contributed by atoms with Gasteiger partial charge in [0.15, 0.2) is 0 Å². The van der Waals surface area contributed by atoms with Crippen molar-refractivity contribution in [3.8, 4) is 0 Å². The first-order valence-corrected chi connectivity index (χ1v) is 7.49. The zero-order valence-electron chi connectivity index (χ0n) is 11.3. The van der Waals surface area contributed by atoms with Gasteiger partial charge in [-0.3, -0.25) is 0 Å². The Morgan fingerprint density at radius 3 is 3.00 bits per heavy atom. The second kappa shape index (κ2) is 6.68. The van der Waals surface area contributed by atoms with Gasteiger partial charge in [-0.1, -0.05) is 6.92 Å². The first-order chi connectivity index (χ1) is 9.24. The van der Waals surface area contributed by atoms with Crippen molar-refractivity contribution in [1.29, 1.82) is 0 Å². The SMILES string of the molecule is CCCNc1nc(NC(C)CCO)c2ccsc2n1. The zero-order chi connectivity index (χ0) is 13.7. The van der Waals surface area contributed by atoms with Crippen molar-refractivity contribution < 1.29 is 5.11 Å². The number of fused-ring (bicyclic) bond motifs is 1. The first kappa shape index (κ1) is 14.0. The van der Waals surface area contributed by atoms with Crippen LogP contribution >= 0.6 is 11.3 Å². The number of rotatable bonds is 7. The Hall–Kier alpha value is -1.40. The summed E-state index contributed by atoms with van der Waals surface area (Å²) >= 11 is 1.61. The second-order valence-corrected chi connectivity index (χ2v) is 5.41. The van der Waals surface area contributed by atoms with Crippen LogP contribution in [-0.4, -0.2) is 34.3 Å². The molecule has 19 heavy (non-hydrogen) atoms. The summed E-state index contributed by atoms with van der Waals surface area (Å²) < 4.78 is 0. The van der Waals surface area contributed by atoms with Gasteiger partial charge in [0.05, 0.1) is 5.39 Å². The highest BCUT2D eigenvalue weighted by atomic mass is 32.1. The summed E-state index contributed by atoms with van der Waals surface area (Å²) in [4.78, 5) is 10.00. The van der Waals surface area contributed by atoms with E-state index in [-0.39, 0.29) is 12.6 Å². The van der Waals surface area contributed by atoms with Crippen LogP contribution in [0.15, 0.2) is 11.4 Å². The minimum atomic E-state index is 0.174. The summed E-state index contributed by atoms with van der Waals surface area (Å²) in [5.41, 5.74) is 0. The van der Waals surface area contributed by atoms with Crippen molar-refractivity contribution in [2.75, 3.05) is 23.8 Å². The molecule has 2 aromatic rings. The average Bonchev–Trinajstić information content (AvgIpc) is 2.85. The molecule has 0 radical (unpaired) electrons. The maximum absolute atomic E-state index is 8.98. The molecule has 104 valence electrons. The van der Waals surface area contributed by atoms with Gasteiger partial charge in [0.25, 0.3) is 0 Å². The summed E-state index contributed by atoms with van der Waals surface area (Å²) in [7, 11) is 0. The van der Waals surface area contributed by atoms with Crippen molar-refractivity contribution >= 4 is 33.3 Å². The third-order valence-corrected chi connectivity index (χ3v) is 3.61. The quantitative estimate of drug-likeness (QED) is 0.727. The van der Waals surface area contributed by atoms with Crippen molar-refractivity contribution in [3.63, 3.8) is 0 Å². The molecule has 0 saturated heterocycles. The summed E-state index contributed by atoms with van der Waals surface area (Å²) in [6.45, 7) is 5.18. The molecule has 0 aliphatic rings. The van der Waals surface area contributed by atoms with Crippen LogP contribution in [0.4, 0.5) is 11.8 Å². The molecule has 0 aliphatic carbocycles. The van der Waals surface area contributed by atoms with Gasteiger partial charge in [-0.15, -0.1) is 11.3 Å². The van der Waals surface area contributed by atoms with Crippen LogP contribution in [0.2, 0.25) is 0 Å². The van der Waals surface area contributed by atoms with Crippen LogP contribution < -0.4 is 10.6 Å². The van der Waals surface area contributed by atoms with Gasteiger partial charge in [-0.05, 0) is 31.2 Å². The summed E-state index contributed by atoms with van der Waals surface area (Å²) in [5.74, 6) is 1.50. The lowest BCUT2D eigenvalue weighted by molar-refractivity contribution is 0.282. The number of hydrogen-bond acceptors (Lipinski definition) is 6. The highest BCUT2D eigenvalue weighted by molar-refractivity contribution is 7.16. The third kappa shape index (κ3) is 3.54. The molecule has 0 spiro atoms. The minimum absolute atomic E-state index is 0.174. The molecule has 0 saturated carbocycles. The molecule has 0 amide bonds. The van der Waals surface area contributed by atoms with Crippen LogP contribution in [-0.2, 0) is 0 Å². The lowest BCUT2D eigenvalue weighted by Gasteiger charge is -2.15. The van der Waals surface area contributed by atoms with Gasteiger partial charge in [0, 0.05) is 19.2 Å². The molecular weight excluding hydrogens is 260 g/mol. The Morgan fingerprint density at radius 1 is 1.42 bits per heavy atom. The molecule has 5 nitrogen and oxygen atoms in total. The molecule has 1 atom stereocenters. The predicted octanol–water partition coefficient (Wildman–Crippen LogP) is 2.70. The Kier molecular flexibility index (Phi) is 4.93. The number of nitrogens with zero attached hydrogens (tertiary/aromatic N) is 2. The Balaban J connectivity index is 2.25. The lowest BCUT2D eigenvalue weighted by Crippen LogP contribution is -2.18. The molecule has 0 aromatic carbocycles. The van der Waals surface area contributed by atoms with Gasteiger partial charge in [-0.2, -0.15) is 4.98 Å². The van der Waals surface area contributed by atoms with Crippen molar-refractivity contribution in [1.82, 2.24) is 9.97 Å². The number of thiophene rings is 1. The van der Waals surface area contributed by atoms with E-state index in [4.69, 9.17) is 5.11 Å². The van der Waals surface area contributed by atoms with E-state index in [1.54, 1.807) is 11.3 Å². The Morgan fingerprint density at radius 2 is 2.26 bits per heavy atom. The standard InChI is InChI=1S/C13H20N4OS/c1-3-6-14-13-16-11(15-9(2)4-7-18)10-5-8-19-12(10)17-13/h5,8-9,18H,3-4,6-7H2,1-2H3,(H2,14,15,16,17).